The molecule has 48 valence electrons. The molecule has 0 N–H and O–H groups in total. The van der Waals surface area contributed by atoms with Crippen LogP contribution in [0.5, 0.6) is 0 Å². The summed E-state index contributed by atoms with van der Waals surface area (Å²) in [5.74, 6) is 0. The number of hydrogen-bond donors (Lipinski definition) is 0. The molecule has 0 aliphatic carbocycles. The molecule has 2 heteroatoms. The van der Waals surface area contributed by atoms with Crippen LogP contribution >= 0.6 is 22.6 Å². The van der Waals surface area contributed by atoms with Crippen molar-refractivity contribution in [1.29, 1.82) is 0 Å². The van der Waals surface area contributed by atoms with E-state index < -0.39 is 0 Å². The zero-order valence-electron chi connectivity index (χ0n) is 5.06. The highest BCUT2D eigenvalue weighted by molar-refractivity contribution is 14.1. The largest absolute Gasteiger partial charge is 0.377 e. The van der Waals surface area contributed by atoms with Gasteiger partial charge in [0.05, 0.1) is 6.10 Å². The van der Waals surface area contributed by atoms with E-state index >= 15 is 0 Å². The minimum atomic E-state index is 0.490. The van der Waals surface area contributed by atoms with Crippen molar-refractivity contribution in [2.45, 2.75) is 29.8 Å². The van der Waals surface area contributed by atoms with Crippen molar-refractivity contribution in [2.75, 3.05) is 6.61 Å². The van der Waals surface area contributed by atoms with Crippen molar-refractivity contribution in [3.63, 3.8) is 0 Å². The molecule has 2 atom stereocenters. The van der Waals surface area contributed by atoms with E-state index in [-0.39, 0.29) is 0 Å². The van der Waals surface area contributed by atoms with E-state index in [0.29, 0.717) is 6.10 Å². The molecule has 8 heavy (non-hydrogen) atoms. The van der Waals surface area contributed by atoms with Crippen LogP contribution < -0.4 is 0 Å². The highest BCUT2D eigenvalue weighted by atomic mass is 127. The Balaban J connectivity index is 2.28. The lowest BCUT2D eigenvalue weighted by atomic mass is 10.1. The topological polar surface area (TPSA) is 9.23 Å². The van der Waals surface area contributed by atoms with Crippen LogP contribution in [0.2, 0.25) is 0 Å². The van der Waals surface area contributed by atoms with Crippen molar-refractivity contribution in [2.24, 2.45) is 0 Å². The van der Waals surface area contributed by atoms with Gasteiger partial charge in [-0.1, -0.05) is 22.6 Å². The van der Waals surface area contributed by atoms with Gasteiger partial charge in [0.25, 0.3) is 0 Å². The molecule has 0 bridgehead atoms. The molecule has 1 aliphatic heterocycles. The van der Waals surface area contributed by atoms with Gasteiger partial charge in [-0.25, -0.2) is 0 Å². The molecule has 1 rings (SSSR count). The van der Waals surface area contributed by atoms with Crippen LogP contribution in [-0.4, -0.2) is 16.6 Å². The number of rotatable bonds is 0. The Hall–Kier alpha value is 0.690. The van der Waals surface area contributed by atoms with Gasteiger partial charge in [0.15, 0.2) is 0 Å². The maximum atomic E-state index is 5.38. The molecular weight excluding hydrogens is 215 g/mol. The molecule has 0 amide bonds. The molecule has 1 fully saturated rings. The Morgan fingerprint density at radius 1 is 1.62 bits per heavy atom. The second-order valence-corrected chi connectivity index (χ2v) is 3.83. The van der Waals surface area contributed by atoms with Crippen LogP contribution in [0.3, 0.4) is 0 Å². The molecule has 0 aromatic carbocycles. The van der Waals surface area contributed by atoms with E-state index in [2.05, 4.69) is 29.5 Å². The molecule has 1 aliphatic rings. The Labute approximate surface area is 63.9 Å². The average Bonchev–Trinajstić information content (AvgIpc) is 1.77. The van der Waals surface area contributed by atoms with E-state index in [1.54, 1.807) is 0 Å². The monoisotopic (exact) mass is 226 g/mol. The summed E-state index contributed by atoms with van der Waals surface area (Å²) in [7, 11) is 0. The fourth-order valence-electron chi connectivity index (χ4n) is 0.887. The van der Waals surface area contributed by atoms with Gasteiger partial charge in [-0.05, 0) is 19.8 Å². The summed E-state index contributed by atoms with van der Waals surface area (Å²) in [6.07, 6.45) is 3.07. The Bertz CT molecular complexity index is 64.9. The standard InChI is InChI=1S/C6H11IO/c1-5-6(7)3-2-4-8-5/h5-6H,2-4H2,1H3/t5-,6+/m1/s1. The van der Waals surface area contributed by atoms with Crippen molar-refractivity contribution < 1.29 is 4.74 Å². The lowest BCUT2D eigenvalue weighted by Crippen LogP contribution is -2.26. The lowest BCUT2D eigenvalue weighted by Gasteiger charge is -2.23. The number of alkyl halides is 1. The van der Waals surface area contributed by atoms with Gasteiger partial charge >= 0.3 is 0 Å². The highest BCUT2D eigenvalue weighted by Crippen LogP contribution is 2.20. The van der Waals surface area contributed by atoms with Crippen LogP contribution in [0.15, 0.2) is 0 Å². The summed E-state index contributed by atoms with van der Waals surface area (Å²) in [5, 5.41) is 0. The minimum absolute atomic E-state index is 0.490. The summed E-state index contributed by atoms with van der Waals surface area (Å²) < 4.78 is 6.13. The summed E-state index contributed by atoms with van der Waals surface area (Å²) in [6.45, 7) is 3.12. The molecule has 0 unspecified atom stereocenters. The first kappa shape index (κ1) is 6.81. The number of halogens is 1. The third-order valence-corrected chi connectivity index (χ3v) is 3.15. The van der Waals surface area contributed by atoms with E-state index in [9.17, 15) is 0 Å². The van der Waals surface area contributed by atoms with Crippen molar-refractivity contribution in [3.8, 4) is 0 Å². The van der Waals surface area contributed by atoms with Gasteiger partial charge in [-0.2, -0.15) is 0 Å². The van der Waals surface area contributed by atoms with Gasteiger partial charge in [0.1, 0.15) is 0 Å². The number of ether oxygens (including phenoxy) is 1. The van der Waals surface area contributed by atoms with E-state index in [1.165, 1.54) is 12.8 Å². The minimum Gasteiger partial charge on any atom is -0.377 e. The first-order chi connectivity index (χ1) is 3.80. The van der Waals surface area contributed by atoms with Gasteiger partial charge in [-0.3, -0.25) is 0 Å². The van der Waals surface area contributed by atoms with Crippen molar-refractivity contribution in [3.05, 3.63) is 0 Å². The Kier molecular flexibility index (Phi) is 2.56. The highest BCUT2D eigenvalue weighted by Gasteiger charge is 2.17. The van der Waals surface area contributed by atoms with Gasteiger partial charge in [0, 0.05) is 10.5 Å². The first-order valence-electron chi connectivity index (χ1n) is 3.06. The predicted octanol–water partition coefficient (Wildman–Crippen LogP) is 1.99. The molecule has 0 spiro atoms. The summed E-state index contributed by atoms with van der Waals surface area (Å²) >= 11 is 2.46. The third kappa shape index (κ3) is 1.58. The molecule has 0 aromatic heterocycles. The molecule has 0 saturated carbocycles. The van der Waals surface area contributed by atoms with E-state index in [1.807, 2.05) is 0 Å². The maximum absolute atomic E-state index is 5.38. The molecule has 1 nitrogen and oxygen atoms in total. The lowest BCUT2D eigenvalue weighted by molar-refractivity contribution is 0.0373. The molecular formula is C6H11IO. The van der Waals surface area contributed by atoms with Gasteiger partial charge in [0.2, 0.25) is 0 Å². The van der Waals surface area contributed by atoms with Gasteiger partial charge in [-0.15, -0.1) is 0 Å². The second kappa shape index (κ2) is 3.01. The van der Waals surface area contributed by atoms with E-state index in [4.69, 9.17) is 4.74 Å². The normalized spacial score (nSPS) is 39.8. The van der Waals surface area contributed by atoms with Crippen molar-refractivity contribution >= 4 is 22.6 Å². The van der Waals surface area contributed by atoms with Crippen LogP contribution in [0.1, 0.15) is 19.8 Å². The summed E-state index contributed by atoms with van der Waals surface area (Å²) in [6, 6.07) is 0. The molecule has 0 aromatic rings. The SMILES string of the molecule is C[C@H]1OCCC[C@@H]1I. The molecule has 0 radical (unpaired) electrons. The van der Waals surface area contributed by atoms with Gasteiger partial charge < -0.3 is 4.74 Å². The predicted molar refractivity (Wildman–Crippen MR) is 42.5 cm³/mol. The van der Waals surface area contributed by atoms with Crippen LogP contribution in [0.25, 0.3) is 0 Å². The third-order valence-electron chi connectivity index (χ3n) is 1.51. The maximum Gasteiger partial charge on any atom is 0.0664 e. The summed E-state index contributed by atoms with van der Waals surface area (Å²) in [5.41, 5.74) is 0. The van der Waals surface area contributed by atoms with Crippen LogP contribution in [0.4, 0.5) is 0 Å². The Morgan fingerprint density at radius 2 is 2.38 bits per heavy atom. The number of hydrogen-bond acceptors (Lipinski definition) is 1. The van der Waals surface area contributed by atoms with Crippen LogP contribution in [-0.2, 0) is 4.74 Å². The molecule has 1 heterocycles. The fourth-order valence-corrected chi connectivity index (χ4v) is 1.53. The average molecular weight is 226 g/mol. The quantitative estimate of drug-likeness (QED) is 0.453. The van der Waals surface area contributed by atoms with E-state index in [0.717, 1.165) is 10.5 Å². The Morgan fingerprint density at radius 3 is 2.75 bits per heavy atom. The second-order valence-electron chi connectivity index (χ2n) is 2.23. The van der Waals surface area contributed by atoms with Crippen LogP contribution in [0, 0.1) is 0 Å². The smallest absolute Gasteiger partial charge is 0.0664 e. The zero-order valence-corrected chi connectivity index (χ0v) is 7.22. The zero-order chi connectivity index (χ0) is 5.98. The fraction of sp³-hybridized carbons (Fsp3) is 1.00. The summed E-state index contributed by atoms with van der Waals surface area (Å²) in [4.78, 5) is 0. The van der Waals surface area contributed by atoms with Crippen molar-refractivity contribution in [1.82, 2.24) is 0 Å². The molecule has 1 saturated heterocycles. The first-order valence-corrected chi connectivity index (χ1v) is 4.31.